The molecule has 0 aliphatic carbocycles. The van der Waals surface area contributed by atoms with Crippen molar-refractivity contribution in [1.82, 2.24) is 0 Å². The molecular formula is C20H32F3NO2S. The maximum atomic E-state index is 12.6. The molecular weight excluding hydrogens is 375 g/mol. The number of sulfone groups is 1. The highest BCUT2D eigenvalue weighted by Gasteiger charge is 2.37. The van der Waals surface area contributed by atoms with E-state index in [1.807, 2.05) is 0 Å². The molecule has 27 heavy (non-hydrogen) atoms. The number of halogens is 3. The van der Waals surface area contributed by atoms with E-state index in [4.69, 9.17) is 5.73 Å². The number of unbranched alkanes of at least 4 members (excludes halogenated alkanes) is 9. The zero-order chi connectivity index (χ0) is 20.3. The summed E-state index contributed by atoms with van der Waals surface area (Å²) in [5.74, 6) is 0.0220. The third-order valence-electron chi connectivity index (χ3n) is 4.72. The van der Waals surface area contributed by atoms with E-state index in [9.17, 15) is 21.6 Å². The Labute approximate surface area is 161 Å². The van der Waals surface area contributed by atoms with Gasteiger partial charge in [0.1, 0.15) is 6.04 Å². The van der Waals surface area contributed by atoms with E-state index < -0.39 is 22.1 Å². The molecule has 7 heteroatoms. The molecule has 0 bridgehead atoms. The van der Waals surface area contributed by atoms with Crippen molar-refractivity contribution in [3.8, 4) is 0 Å². The molecule has 1 atom stereocenters. The summed E-state index contributed by atoms with van der Waals surface area (Å²) in [5.41, 5.74) is 4.99. The van der Waals surface area contributed by atoms with Crippen LogP contribution in [0.15, 0.2) is 29.2 Å². The van der Waals surface area contributed by atoms with Gasteiger partial charge in [-0.2, -0.15) is 13.2 Å². The summed E-state index contributed by atoms with van der Waals surface area (Å²) >= 11 is 0. The first kappa shape index (κ1) is 24.0. The minimum absolute atomic E-state index is 0.0220. The van der Waals surface area contributed by atoms with Crippen molar-refractivity contribution in [3.05, 3.63) is 29.8 Å². The molecule has 0 aliphatic heterocycles. The van der Waals surface area contributed by atoms with Crippen LogP contribution >= 0.6 is 0 Å². The minimum atomic E-state index is -4.55. The molecule has 0 heterocycles. The fourth-order valence-corrected chi connectivity index (χ4v) is 4.34. The molecule has 0 saturated heterocycles. The van der Waals surface area contributed by atoms with Gasteiger partial charge < -0.3 is 5.73 Å². The van der Waals surface area contributed by atoms with Gasteiger partial charge in [-0.3, -0.25) is 0 Å². The van der Waals surface area contributed by atoms with Crippen molar-refractivity contribution in [2.24, 2.45) is 5.73 Å². The van der Waals surface area contributed by atoms with Crippen LogP contribution in [0.5, 0.6) is 0 Å². The van der Waals surface area contributed by atoms with E-state index in [0.717, 1.165) is 31.4 Å². The SMILES string of the molecule is CCCCCCCCCCCCS(=O)(=O)c1ccc(C(N)C(F)(F)F)cc1. The molecule has 0 fully saturated rings. The van der Waals surface area contributed by atoms with Crippen LogP contribution in [0.2, 0.25) is 0 Å². The smallest absolute Gasteiger partial charge is 0.316 e. The zero-order valence-corrected chi connectivity index (χ0v) is 16.9. The molecule has 0 aliphatic rings. The predicted octanol–water partition coefficient (Wildman–Crippen LogP) is 5.94. The van der Waals surface area contributed by atoms with Crippen LogP contribution in [0.25, 0.3) is 0 Å². The van der Waals surface area contributed by atoms with Gasteiger partial charge in [-0.05, 0) is 24.1 Å². The zero-order valence-electron chi connectivity index (χ0n) is 16.1. The van der Waals surface area contributed by atoms with Gasteiger partial charge in [-0.15, -0.1) is 0 Å². The molecule has 0 radical (unpaired) electrons. The van der Waals surface area contributed by atoms with Crippen molar-refractivity contribution < 1.29 is 21.6 Å². The van der Waals surface area contributed by atoms with Crippen molar-refractivity contribution in [2.45, 2.75) is 88.2 Å². The lowest BCUT2D eigenvalue weighted by Crippen LogP contribution is -2.28. The Bertz CT molecular complexity index is 628. The van der Waals surface area contributed by atoms with E-state index in [1.165, 1.54) is 50.7 Å². The number of alkyl halides is 3. The Kier molecular flexibility index (Phi) is 10.4. The van der Waals surface area contributed by atoms with E-state index in [-0.39, 0.29) is 16.2 Å². The molecule has 0 saturated carbocycles. The summed E-state index contributed by atoms with van der Waals surface area (Å²) in [6, 6.07) is 2.61. The average Bonchev–Trinajstić information content (AvgIpc) is 2.62. The Balaban J connectivity index is 2.33. The van der Waals surface area contributed by atoms with Crippen molar-refractivity contribution in [3.63, 3.8) is 0 Å². The first-order valence-corrected chi connectivity index (χ1v) is 11.5. The second kappa shape index (κ2) is 11.7. The van der Waals surface area contributed by atoms with Crippen LogP contribution in [0.3, 0.4) is 0 Å². The van der Waals surface area contributed by atoms with Crippen LogP contribution in [0, 0.1) is 0 Å². The number of benzene rings is 1. The van der Waals surface area contributed by atoms with Gasteiger partial charge in [-0.1, -0.05) is 76.8 Å². The van der Waals surface area contributed by atoms with Crippen LogP contribution < -0.4 is 5.73 Å². The molecule has 0 aromatic heterocycles. The minimum Gasteiger partial charge on any atom is -0.316 e. The largest absolute Gasteiger partial charge is 0.407 e. The summed E-state index contributed by atoms with van der Waals surface area (Å²) in [6.45, 7) is 2.19. The third kappa shape index (κ3) is 9.10. The van der Waals surface area contributed by atoms with Gasteiger partial charge in [0.15, 0.2) is 9.84 Å². The summed E-state index contributed by atoms with van der Waals surface area (Å²) in [5, 5.41) is 0. The summed E-state index contributed by atoms with van der Waals surface area (Å²) in [4.78, 5) is 0.0524. The highest BCUT2D eigenvalue weighted by molar-refractivity contribution is 7.91. The predicted molar refractivity (Wildman–Crippen MR) is 103 cm³/mol. The molecule has 0 spiro atoms. The molecule has 1 rings (SSSR count). The normalized spacial score (nSPS) is 13.7. The summed E-state index contributed by atoms with van der Waals surface area (Å²) in [6.07, 6.45) is 6.55. The third-order valence-corrected chi connectivity index (χ3v) is 6.53. The number of nitrogens with two attached hydrogens (primary N) is 1. The molecule has 1 aromatic carbocycles. The maximum Gasteiger partial charge on any atom is 0.407 e. The molecule has 0 amide bonds. The van der Waals surface area contributed by atoms with E-state index in [0.29, 0.717) is 6.42 Å². The first-order chi connectivity index (χ1) is 12.7. The van der Waals surface area contributed by atoms with Gasteiger partial charge in [0.2, 0.25) is 0 Å². The molecule has 2 N–H and O–H groups in total. The van der Waals surface area contributed by atoms with E-state index >= 15 is 0 Å². The number of rotatable bonds is 13. The number of hydrogen-bond acceptors (Lipinski definition) is 3. The standard InChI is InChI=1S/C20H32F3NO2S/c1-2-3-4-5-6-7-8-9-10-11-16-27(25,26)18-14-12-17(13-15-18)19(24)20(21,22)23/h12-15,19H,2-11,16,24H2,1H3. The maximum absolute atomic E-state index is 12.6. The highest BCUT2D eigenvalue weighted by atomic mass is 32.2. The lowest BCUT2D eigenvalue weighted by molar-refractivity contribution is -0.149. The second-order valence-corrected chi connectivity index (χ2v) is 9.20. The van der Waals surface area contributed by atoms with Crippen LogP contribution in [0.1, 0.15) is 82.7 Å². The van der Waals surface area contributed by atoms with Crippen molar-refractivity contribution >= 4 is 9.84 Å². The quantitative estimate of drug-likeness (QED) is 0.411. The van der Waals surface area contributed by atoms with Gasteiger partial charge in [0.25, 0.3) is 0 Å². The van der Waals surface area contributed by atoms with E-state index in [2.05, 4.69) is 6.92 Å². The van der Waals surface area contributed by atoms with E-state index in [1.54, 1.807) is 0 Å². The Morgan fingerprint density at radius 1 is 0.852 bits per heavy atom. The fraction of sp³-hybridized carbons (Fsp3) is 0.700. The topological polar surface area (TPSA) is 60.2 Å². The summed E-state index contributed by atoms with van der Waals surface area (Å²) in [7, 11) is -3.47. The number of hydrogen-bond donors (Lipinski definition) is 1. The highest BCUT2D eigenvalue weighted by Crippen LogP contribution is 2.30. The van der Waals surface area contributed by atoms with Crippen LogP contribution in [0.4, 0.5) is 13.2 Å². The lowest BCUT2D eigenvalue weighted by Gasteiger charge is -2.16. The molecule has 1 unspecified atom stereocenters. The molecule has 1 aromatic rings. The Hall–Kier alpha value is -1.08. The van der Waals surface area contributed by atoms with Gasteiger partial charge >= 0.3 is 6.18 Å². The monoisotopic (exact) mass is 407 g/mol. The second-order valence-electron chi connectivity index (χ2n) is 7.09. The van der Waals surface area contributed by atoms with Crippen LogP contribution in [-0.4, -0.2) is 20.3 Å². The molecule has 156 valence electrons. The Morgan fingerprint density at radius 3 is 1.74 bits per heavy atom. The van der Waals surface area contributed by atoms with Crippen molar-refractivity contribution in [2.75, 3.05) is 5.75 Å². The molecule has 3 nitrogen and oxygen atoms in total. The first-order valence-electron chi connectivity index (χ1n) is 9.83. The van der Waals surface area contributed by atoms with Gasteiger partial charge in [0, 0.05) is 0 Å². The van der Waals surface area contributed by atoms with Gasteiger partial charge in [-0.25, -0.2) is 8.42 Å². The lowest BCUT2D eigenvalue weighted by atomic mass is 10.1. The van der Waals surface area contributed by atoms with Crippen LogP contribution in [-0.2, 0) is 9.84 Å². The van der Waals surface area contributed by atoms with Crippen molar-refractivity contribution in [1.29, 1.82) is 0 Å². The summed E-state index contributed by atoms with van der Waals surface area (Å²) < 4.78 is 62.4. The fourth-order valence-electron chi connectivity index (χ4n) is 2.97. The Morgan fingerprint density at radius 2 is 1.30 bits per heavy atom. The average molecular weight is 408 g/mol. The van der Waals surface area contributed by atoms with Gasteiger partial charge in [0.05, 0.1) is 10.6 Å².